The molecule has 0 bridgehead atoms. The number of ketones is 1. The van der Waals surface area contributed by atoms with Gasteiger partial charge in [0, 0.05) is 10.7 Å². The van der Waals surface area contributed by atoms with Gasteiger partial charge in [0.05, 0.1) is 17.7 Å². The van der Waals surface area contributed by atoms with Crippen LogP contribution in [0.25, 0.3) is 0 Å². The fraction of sp³-hybridized carbons (Fsp3) is 0.200. The van der Waals surface area contributed by atoms with Crippen molar-refractivity contribution in [1.82, 2.24) is 4.98 Å². The van der Waals surface area contributed by atoms with Crippen LogP contribution in [0.5, 0.6) is 5.75 Å². The van der Waals surface area contributed by atoms with E-state index in [9.17, 15) is 4.79 Å². The Morgan fingerprint density at radius 3 is 2.89 bits per heavy atom. The number of nitrogens with zero attached hydrogens (tertiary/aromatic N) is 1. The first-order valence-corrected chi connectivity index (χ1v) is 6.85. The van der Waals surface area contributed by atoms with Gasteiger partial charge in [0.15, 0.2) is 5.78 Å². The maximum absolute atomic E-state index is 12.2. The Labute approximate surface area is 119 Å². The maximum Gasteiger partial charge on any atom is 0.170 e. The van der Waals surface area contributed by atoms with Gasteiger partial charge < -0.3 is 4.74 Å². The van der Waals surface area contributed by atoms with Gasteiger partial charge >= 0.3 is 0 Å². The molecule has 1 atom stereocenters. The fourth-order valence-corrected chi connectivity index (χ4v) is 2.41. The number of benzene rings is 1. The maximum atomic E-state index is 12.2. The van der Waals surface area contributed by atoms with Crippen LogP contribution in [-0.4, -0.2) is 10.8 Å². The van der Waals surface area contributed by atoms with Crippen LogP contribution in [0.1, 0.15) is 34.1 Å². The van der Waals surface area contributed by atoms with Crippen molar-refractivity contribution in [3.05, 3.63) is 57.8 Å². The van der Waals surface area contributed by atoms with E-state index in [1.165, 1.54) is 0 Å². The summed E-state index contributed by atoms with van der Waals surface area (Å²) in [7, 11) is 0. The van der Waals surface area contributed by atoms with Crippen LogP contribution >= 0.6 is 15.9 Å². The Morgan fingerprint density at radius 1 is 1.32 bits per heavy atom. The van der Waals surface area contributed by atoms with Crippen molar-refractivity contribution in [2.75, 3.05) is 0 Å². The topological polar surface area (TPSA) is 39.2 Å². The highest BCUT2D eigenvalue weighted by Gasteiger charge is 2.28. The molecule has 0 N–H and O–H groups in total. The van der Waals surface area contributed by atoms with E-state index >= 15 is 0 Å². The van der Waals surface area contributed by atoms with Gasteiger partial charge in [-0.15, -0.1) is 0 Å². The third-order valence-electron chi connectivity index (χ3n) is 3.16. The second kappa shape index (κ2) is 4.78. The zero-order chi connectivity index (χ0) is 13.4. The van der Waals surface area contributed by atoms with Crippen LogP contribution in [0.15, 0.2) is 41.0 Å². The summed E-state index contributed by atoms with van der Waals surface area (Å²) in [5, 5.41) is 0. The van der Waals surface area contributed by atoms with Crippen molar-refractivity contribution in [3.8, 4) is 5.75 Å². The Kier molecular flexibility index (Phi) is 3.11. The summed E-state index contributed by atoms with van der Waals surface area (Å²) in [6, 6.07) is 9.46. The standard InChI is InChI=1S/C15H12BrNO2/c1-9-2-5-14-11(6-9)13(18)7-15(19-14)12-4-3-10(16)8-17-12/h2-6,8,15H,7H2,1H3. The smallest absolute Gasteiger partial charge is 0.170 e. The molecule has 0 aliphatic carbocycles. The number of carbonyl (C=O) groups excluding carboxylic acids is 1. The lowest BCUT2D eigenvalue weighted by atomic mass is 9.97. The molecule has 1 aromatic heterocycles. The summed E-state index contributed by atoms with van der Waals surface area (Å²) in [4.78, 5) is 16.5. The quantitative estimate of drug-likeness (QED) is 0.801. The van der Waals surface area contributed by atoms with Crippen LogP contribution < -0.4 is 4.74 Å². The zero-order valence-corrected chi connectivity index (χ0v) is 12.0. The van der Waals surface area contributed by atoms with Gasteiger partial charge in [-0.05, 0) is 47.1 Å². The average molecular weight is 318 g/mol. The van der Waals surface area contributed by atoms with E-state index in [1.54, 1.807) is 6.20 Å². The van der Waals surface area contributed by atoms with Gasteiger partial charge in [0.25, 0.3) is 0 Å². The fourth-order valence-electron chi connectivity index (χ4n) is 2.18. The molecule has 0 fully saturated rings. The summed E-state index contributed by atoms with van der Waals surface area (Å²) in [6.45, 7) is 1.97. The van der Waals surface area contributed by atoms with Crippen LogP contribution in [0.3, 0.4) is 0 Å². The van der Waals surface area contributed by atoms with Crippen LogP contribution in [0, 0.1) is 6.92 Å². The molecule has 1 unspecified atom stereocenters. The highest BCUT2D eigenvalue weighted by Crippen LogP contribution is 2.34. The van der Waals surface area contributed by atoms with E-state index in [0.717, 1.165) is 15.7 Å². The molecule has 0 amide bonds. The van der Waals surface area contributed by atoms with E-state index in [2.05, 4.69) is 20.9 Å². The highest BCUT2D eigenvalue weighted by atomic mass is 79.9. The molecular formula is C15H12BrNO2. The summed E-state index contributed by atoms with van der Waals surface area (Å²) < 4.78 is 6.80. The first kappa shape index (κ1) is 12.4. The molecule has 19 heavy (non-hydrogen) atoms. The molecule has 3 rings (SSSR count). The molecule has 2 aromatic rings. The van der Waals surface area contributed by atoms with E-state index in [1.807, 2.05) is 37.3 Å². The molecule has 3 nitrogen and oxygen atoms in total. The monoisotopic (exact) mass is 317 g/mol. The number of hydrogen-bond acceptors (Lipinski definition) is 3. The minimum Gasteiger partial charge on any atom is -0.483 e. The predicted molar refractivity (Wildman–Crippen MR) is 75.4 cm³/mol. The van der Waals surface area contributed by atoms with Gasteiger partial charge in [0.1, 0.15) is 11.9 Å². The van der Waals surface area contributed by atoms with Crippen molar-refractivity contribution in [3.63, 3.8) is 0 Å². The number of Topliss-reactive ketones (excluding diaryl/α,β-unsaturated/α-hetero) is 1. The molecule has 96 valence electrons. The number of aromatic nitrogens is 1. The van der Waals surface area contributed by atoms with Crippen LogP contribution in [0.4, 0.5) is 0 Å². The number of fused-ring (bicyclic) bond motifs is 1. The molecule has 0 radical (unpaired) electrons. The third-order valence-corrected chi connectivity index (χ3v) is 3.62. The average Bonchev–Trinajstić information content (AvgIpc) is 2.40. The van der Waals surface area contributed by atoms with Gasteiger partial charge in [-0.2, -0.15) is 0 Å². The molecule has 0 spiro atoms. The Balaban J connectivity index is 1.95. The Morgan fingerprint density at radius 2 is 2.16 bits per heavy atom. The van der Waals surface area contributed by atoms with Gasteiger partial charge in [0.2, 0.25) is 0 Å². The molecule has 0 saturated carbocycles. The third kappa shape index (κ3) is 2.40. The molecule has 1 aliphatic rings. The molecule has 1 aromatic carbocycles. The number of pyridine rings is 1. The number of halogens is 1. The first-order chi connectivity index (χ1) is 9.13. The van der Waals surface area contributed by atoms with E-state index in [-0.39, 0.29) is 11.9 Å². The summed E-state index contributed by atoms with van der Waals surface area (Å²) in [5.41, 5.74) is 2.52. The largest absolute Gasteiger partial charge is 0.483 e. The molecule has 1 aliphatic heterocycles. The lowest BCUT2D eigenvalue weighted by molar-refractivity contribution is 0.0844. The second-order valence-corrected chi connectivity index (χ2v) is 5.55. The van der Waals surface area contributed by atoms with Crippen LogP contribution in [-0.2, 0) is 0 Å². The van der Waals surface area contributed by atoms with E-state index in [4.69, 9.17) is 4.74 Å². The minimum absolute atomic E-state index is 0.111. The van der Waals surface area contributed by atoms with Gasteiger partial charge in [-0.25, -0.2) is 0 Å². The van der Waals surface area contributed by atoms with Gasteiger partial charge in [-0.1, -0.05) is 11.6 Å². The van der Waals surface area contributed by atoms with Crippen molar-refractivity contribution in [2.45, 2.75) is 19.4 Å². The number of carbonyl (C=O) groups is 1. The van der Waals surface area contributed by atoms with Crippen molar-refractivity contribution in [1.29, 1.82) is 0 Å². The number of rotatable bonds is 1. The molecular weight excluding hydrogens is 306 g/mol. The lowest BCUT2D eigenvalue weighted by Gasteiger charge is -2.25. The minimum atomic E-state index is -0.296. The predicted octanol–water partition coefficient (Wildman–Crippen LogP) is 3.86. The van der Waals surface area contributed by atoms with Crippen molar-refractivity contribution >= 4 is 21.7 Å². The summed E-state index contributed by atoms with van der Waals surface area (Å²) in [5.74, 6) is 0.760. The van der Waals surface area contributed by atoms with Crippen LogP contribution in [0.2, 0.25) is 0 Å². The summed E-state index contributed by atoms with van der Waals surface area (Å²) in [6.07, 6.45) is 1.76. The van der Waals surface area contributed by atoms with Crippen molar-refractivity contribution < 1.29 is 9.53 Å². The lowest BCUT2D eigenvalue weighted by Crippen LogP contribution is -2.21. The SMILES string of the molecule is Cc1ccc2c(c1)C(=O)CC(c1ccc(Br)cn1)O2. The molecule has 0 saturated heterocycles. The second-order valence-electron chi connectivity index (χ2n) is 4.63. The van der Waals surface area contributed by atoms with E-state index < -0.39 is 0 Å². The van der Waals surface area contributed by atoms with E-state index in [0.29, 0.717) is 17.7 Å². The van der Waals surface area contributed by atoms with Gasteiger partial charge in [-0.3, -0.25) is 9.78 Å². The number of hydrogen-bond donors (Lipinski definition) is 0. The number of ether oxygens (including phenoxy) is 1. The Hall–Kier alpha value is -1.68. The molecule has 2 heterocycles. The first-order valence-electron chi connectivity index (χ1n) is 6.05. The normalized spacial score (nSPS) is 17.8. The highest BCUT2D eigenvalue weighted by molar-refractivity contribution is 9.10. The van der Waals surface area contributed by atoms with Crippen molar-refractivity contribution in [2.24, 2.45) is 0 Å². The molecule has 4 heteroatoms. The Bertz CT molecular complexity index is 637. The summed E-state index contributed by atoms with van der Waals surface area (Å²) >= 11 is 3.34. The number of aryl methyl sites for hydroxylation is 1. The zero-order valence-electron chi connectivity index (χ0n) is 10.4.